The van der Waals surface area contributed by atoms with Crippen LogP contribution < -0.4 is 0 Å². The van der Waals surface area contributed by atoms with Crippen LogP contribution in [0.3, 0.4) is 0 Å². The summed E-state index contributed by atoms with van der Waals surface area (Å²) in [4.78, 5) is 15.4. The second-order valence-electron chi connectivity index (χ2n) is 5.16. The molecule has 1 N–H and O–H groups in total. The van der Waals surface area contributed by atoms with E-state index in [1.54, 1.807) is 13.0 Å². The number of aromatic carboxylic acids is 1. The molecule has 0 spiro atoms. The number of carboxylic acids is 1. The normalized spacial score (nSPS) is 13.2. The minimum absolute atomic E-state index is 0.256. The molecule has 1 aromatic rings. The van der Waals surface area contributed by atoms with Gasteiger partial charge in [-0.15, -0.1) is 0 Å². The van der Waals surface area contributed by atoms with Crippen LogP contribution in [-0.4, -0.2) is 54.1 Å². The monoisotopic (exact) mass is 268 g/mol. The van der Waals surface area contributed by atoms with E-state index in [-0.39, 0.29) is 5.56 Å². The van der Waals surface area contributed by atoms with Crippen LogP contribution in [0.4, 0.5) is 0 Å². The first-order valence-corrected chi connectivity index (χ1v) is 6.56. The van der Waals surface area contributed by atoms with Gasteiger partial charge in [0.05, 0.1) is 6.54 Å². The average molecular weight is 268 g/mol. The molecule has 0 amide bonds. The number of furan rings is 1. The molecule has 0 bridgehead atoms. The summed E-state index contributed by atoms with van der Waals surface area (Å²) in [5.41, 5.74) is 0.256. The Morgan fingerprint density at radius 3 is 2.53 bits per heavy atom. The van der Waals surface area contributed by atoms with Gasteiger partial charge in [0.25, 0.3) is 0 Å². The Bertz CT molecular complexity index is 426. The maximum Gasteiger partial charge on any atom is 0.339 e. The first-order chi connectivity index (χ1) is 8.85. The SMILES string of the molecule is CCN(Cc1cc(C(=O)O)c(C)o1)C(C)CN(C)C. The summed E-state index contributed by atoms with van der Waals surface area (Å²) in [6.45, 7) is 8.44. The van der Waals surface area contributed by atoms with Gasteiger partial charge in [0.15, 0.2) is 0 Å². The highest BCUT2D eigenvalue weighted by Gasteiger charge is 2.18. The Kier molecular flexibility index (Phi) is 5.57. The van der Waals surface area contributed by atoms with Gasteiger partial charge in [0, 0.05) is 12.6 Å². The van der Waals surface area contributed by atoms with Gasteiger partial charge >= 0.3 is 5.97 Å². The van der Waals surface area contributed by atoms with Crippen molar-refractivity contribution < 1.29 is 14.3 Å². The fourth-order valence-electron chi connectivity index (χ4n) is 2.26. The third kappa shape index (κ3) is 4.36. The number of nitrogens with zero attached hydrogens (tertiary/aromatic N) is 2. The van der Waals surface area contributed by atoms with Crippen molar-refractivity contribution in [3.8, 4) is 0 Å². The maximum absolute atomic E-state index is 11.0. The molecular formula is C14H24N2O3. The second-order valence-corrected chi connectivity index (χ2v) is 5.16. The smallest absolute Gasteiger partial charge is 0.339 e. The number of hydrogen-bond acceptors (Lipinski definition) is 4. The Labute approximate surface area is 114 Å². The van der Waals surface area contributed by atoms with E-state index in [1.807, 2.05) is 14.1 Å². The van der Waals surface area contributed by atoms with Gasteiger partial charge in [-0.1, -0.05) is 6.92 Å². The minimum Gasteiger partial charge on any atom is -0.478 e. The fourth-order valence-corrected chi connectivity index (χ4v) is 2.26. The van der Waals surface area contributed by atoms with Crippen LogP contribution in [-0.2, 0) is 6.54 Å². The molecule has 0 aliphatic rings. The molecule has 1 aromatic heterocycles. The van der Waals surface area contributed by atoms with E-state index in [2.05, 4.69) is 23.6 Å². The molecule has 1 unspecified atom stereocenters. The number of carbonyl (C=O) groups is 1. The molecule has 0 saturated heterocycles. The van der Waals surface area contributed by atoms with Crippen LogP contribution >= 0.6 is 0 Å². The summed E-state index contributed by atoms with van der Waals surface area (Å²) < 4.78 is 5.53. The van der Waals surface area contributed by atoms with E-state index in [0.29, 0.717) is 24.1 Å². The van der Waals surface area contributed by atoms with E-state index in [9.17, 15) is 4.79 Å². The second kappa shape index (κ2) is 6.73. The van der Waals surface area contributed by atoms with Gasteiger partial charge in [0.2, 0.25) is 0 Å². The summed E-state index contributed by atoms with van der Waals surface area (Å²) in [6.07, 6.45) is 0. The van der Waals surface area contributed by atoms with Crippen LogP contribution in [0.25, 0.3) is 0 Å². The zero-order valence-electron chi connectivity index (χ0n) is 12.4. The van der Waals surface area contributed by atoms with Gasteiger partial charge < -0.3 is 14.4 Å². The third-order valence-electron chi connectivity index (χ3n) is 3.22. The Morgan fingerprint density at radius 1 is 1.47 bits per heavy atom. The molecule has 0 aliphatic heterocycles. The quantitative estimate of drug-likeness (QED) is 0.820. The lowest BCUT2D eigenvalue weighted by molar-refractivity contribution is 0.0695. The number of aryl methyl sites for hydroxylation is 1. The van der Waals surface area contributed by atoms with E-state index in [0.717, 1.165) is 13.1 Å². The molecule has 5 nitrogen and oxygen atoms in total. The highest BCUT2D eigenvalue weighted by atomic mass is 16.4. The molecule has 0 aliphatic carbocycles. The molecule has 1 rings (SSSR count). The Morgan fingerprint density at radius 2 is 2.11 bits per heavy atom. The van der Waals surface area contributed by atoms with E-state index in [1.165, 1.54) is 0 Å². The molecule has 0 saturated carbocycles. The highest BCUT2D eigenvalue weighted by Crippen LogP contribution is 2.17. The zero-order chi connectivity index (χ0) is 14.6. The van der Waals surface area contributed by atoms with E-state index < -0.39 is 5.97 Å². The highest BCUT2D eigenvalue weighted by molar-refractivity contribution is 5.88. The van der Waals surface area contributed by atoms with E-state index in [4.69, 9.17) is 9.52 Å². The van der Waals surface area contributed by atoms with E-state index >= 15 is 0 Å². The Balaban J connectivity index is 2.75. The van der Waals surface area contributed by atoms with Crippen molar-refractivity contribution in [2.45, 2.75) is 33.4 Å². The van der Waals surface area contributed by atoms with Crippen molar-refractivity contribution in [3.05, 3.63) is 23.2 Å². The van der Waals surface area contributed by atoms with Crippen LogP contribution in [0.1, 0.15) is 35.7 Å². The van der Waals surface area contributed by atoms with Crippen LogP contribution in [0.5, 0.6) is 0 Å². The molecule has 1 atom stereocenters. The molecule has 0 radical (unpaired) electrons. The predicted molar refractivity (Wildman–Crippen MR) is 74.5 cm³/mol. The van der Waals surface area contributed by atoms with Gasteiger partial charge in [-0.25, -0.2) is 4.79 Å². The van der Waals surface area contributed by atoms with Gasteiger partial charge in [-0.2, -0.15) is 0 Å². The summed E-state index contributed by atoms with van der Waals surface area (Å²) in [5.74, 6) is 0.248. The van der Waals surface area contributed by atoms with Crippen molar-refractivity contribution >= 4 is 5.97 Å². The topological polar surface area (TPSA) is 56.9 Å². The molecule has 0 fully saturated rings. The lowest BCUT2D eigenvalue weighted by Crippen LogP contribution is -2.39. The summed E-state index contributed by atoms with van der Waals surface area (Å²) in [5, 5.41) is 9.02. The third-order valence-corrected chi connectivity index (χ3v) is 3.22. The molecule has 108 valence electrons. The molecule has 0 aromatic carbocycles. The van der Waals surface area contributed by atoms with Crippen molar-refractivity contribution in [1.29, 1.82) is 0 Å². The molecule has 5 heteroatoms. The zero-order valence-corrected chi connectivity index (χ0v) is 12.4. The maximum atomic E-state index is 11.0. The number of likely N-dealkylation sites (N-methyl/N-ethyl adjacent to an activating group) is 2. The minimum atomic E-state index is -0.933. The molecule has 1 heterocycles. The van der Waals surface area contributed by atoms with Crippen molar-refractivity contribution in [1.82, 2.24) is 9.80 Å². The molecule has 19 heavy (non-hydrogen) atoms. The Hall–Kier alpha value is -1.33. The first kappa shape index (κ1) is 15.7. The molecular weight excluding hydrogens is 244 g/mol. The van der Waals surface area contributed by atoms with Crippen molar-refractivity contribution in [2.24, 2.45) is 0 Å². The summed E-state index contributed by atoms with van der Waals surface area (Å²) in [7, 11) is 4.09. The summed E-state index contributed by atoms with van der Waals surface area (Å²) >= 11 is 0. The lowest BCUT2D eigenvalue weighted by Gasteiger charge is -2.29. The number of rotatable bonds is 7. The summed E-state index contributed by atoms with van der Waals surface area (Å²) in [6, 6.07) is 2.02. The average Bonchev–Trinajstić information content (AvgIpc) is 2.66. The fraction of sp³-hybridized carbons (Fsp3) is 0.643. The van der Waals surface area contributed by atoms with Crippen molar-refractivity contribution in [2.75, 3.05) is 27.2 Å². The van der Waals surface area contributed by atoms with Gasteiger partial charge in [0.1, 0.15) is 17.1 Å². The standard InChI is InChI=1S/C14H24N2O3/c1-6-16(10(2)8-15(4)5)9-12-7-13(14(17)18)11(3)19-12/h7,10H,6,8-9H2,1-5H3,(H,17,18). The van der Waals surface area contributed by atoms with Crippen LogP contribution in [0.2, 0.25) is 0 Å². The van der Waals surface area contributed by atoms with Gasteiger partial charge in [-0.3, -0.25) is 4.90 Å². The largest absolute Gasteiger partial charge is 0.478 e. The van der Waals surface area contributed by atoms with Crippen molar-refractivity contribution in [3.63, 3.8) is 0 Å². The van der Waals surface area contributed by atoms with Gasteiger partial charge in [-0.05, 0) is 40.6 Å². The van der Waals surface area contributed by atoms with Crippen LogP contribution in [0, 0.1) is 6.92 Å². The first-order valence-electron chi connectivity index (χ1n) is 6.56. The van der Waals surface area contributed by atoms with Crippen LogP contribution in [0.15, 0.2) is 10.5 Å². The number of hydrogen-bond donors (Lipinski definition) is 1. The lowest BCUT2D eigenvalue weighted by atomic mass is 10.2. The predicted octanol–water partition coefficient (Wildman–Crippen LogP) is 2.06. The number of carboxylic acid groups (broad SMARTS) is 1.